The van der Waals surface area contributed by atoms with Crippen molar-refractivity contribution < 1.29 is 33.9 Å². The number of nitrogens with one attached hydrogen (secondary N) is 1. The average molecular weight is 375 g/mol. The summed E-state index contributed by atoms with van der Waals surface area (Å²) >= 11 is 0. The number of rotatable bonds is 13. The summed E-state index contributed by atoms with van der Waals surface area (Å²) in [5.41, 5.74) is -0.267. The molecule has 0 aromatic heterocycles. The molecule has 0 unspecified atom stereocenters. The van der Waals surface area contributed by atoms with Crippen LogP contribution in [0.5, 0.6) is 0 Å². The highest BCUT2D eigenvalue weighted by atomic mass is 16.4. The van der Waals surface area contributed by atoms with E-state index in [1.807, 2.05) is 0 Å². The van der Waals surface area contributed by atoms with E-state index >= 15 is 0 Å². The molecule has 0 heterocycles. The Balaban J connectivity index is 2.59. The summed E-state index contributed by atoms with van der Waals surface area (Å²) in [7, 11) is 0. The van der Waals surface area contributed by atoms with Crippen molar-refractivity contribution in [2.75, 3.05) is 6.54 Å². The normalized spacial score (nSPS) is 10.1. The predicted molar refractivity (Wildman–Crippen MR) is 94.9 cm³/mol. The number of aliphatic carboxylic acids is 1. The van der Waals surface area contributed by atoms with Gasteiger partial charge < -0.3 is 10.4 Å². The second-order valence-corrected chi connectivity index (χ2v) is 5.93. The van der Waals surface area contributed by atoms with Crippen LogP contribution in [-0.2, 0) is 14.4 Å². The summed E-state index contributed by atoms with van der Waals surface area (Å²) in [6.45, 7) is 0.362. The summed E-state index contributed by atoms with van der Waals surface area (Å²) in [5.74, 6) is -3.14. The molecule has 1 amide bonds. The van der Waals surface area contributed by atoms with E-state index in [-0.39, 0.29) is 35.7 Å². The fourth-order valence-electron chi connectivity index (χ4n) is 2.41. The molecule has 1 aromatic rings. The minimum absolute atomic E-state index is 0.00866. The third-order valence-electron chi connectivity index (χ3n) is 3.83. The lowest BCUT2D eigenvalue weighted by atomic mass is 10.0. The fraction of sp³-hybridized carbons (Fsp3) is 0.368. The third-order valence-corrected chi connectivity index (χ3v) is 3.83. The lowest BCUT2D eigenvalue weighted by molar-refractivity contribution is -0.137. The first-order valence-corrected chi connectivity index (χ1v) is 8.53. The van der Waals surface area contributed by atoms with E-state index in [1.54, 1.807) is 0 Å². The first-order valence-electron chi connectivity index (χ1n) is 8.53. The molecule has 0 radical (unpaired) electrons. The zero-order chi connectivity index (χ0) is 20.2. The molecule has 27 heavy (non-hydrogen) atoms. The predicted octanol–water partition coefficient (Wildman–Crippen LogP) is 1.60. The summed E-state index contributed by atoms with van der Waals surface area (Å²) in [4.78, 5) is 67.0. The number of carboxylic acids is 1. The molecular weight excluding hydrogens is 354 g/mol. The second-order valence-electron chi connectivity index (χ2n) is 5.93. The number of unbranched alkanes of at least 4 members (excludes halogenated alkanes) is 4. The highest BCUT2D eigenvalue weighted by Crippen LogP contribution is 2.12. The topological polar surface area (TPSA) is 135 Å². The van der Waals surface area contributed by atoms with Crippen molar-refractivity contribution in [1.82, 2.24) is 5.32 Å². The Bertz CT molecular complexity index is 701. The molecule has 0 bridgehead atoms. The highest BCUT2D eigenvalue weighted by molar-refractivity contribution is 6.36. The molecule has 0 saturated heterocycles. The maximum atomic E-state index is 12.2. The molecular formula is C19H21NO7. The quantitative estimate of drug-likeness (QED) is 0.231. The minimum Gasteiger partial charge on any atom is -0.481 e. The van der Waals surface area contributed by atoms with E-state index in [9.17, 15) is 28.8 Å². The van der Waals surface area contributed by atoms with Gasteiger partial charge in [-0.25, -0.2) is 0 Å². The molecule has 8 nitrogen and oxygen atoms in total. The Kier molecular flexibility index (Phi) is 9.28. The first-order chi connectivity index (χ1) is 12.9. The molecule has 0 saturated carbocycles. The molecule has 0 spiro atoms. The lowest BCUT2D eigenvalue weighted by Crippen LogP contribution is -2.25. The number of carbonyl (C=O) groups is 6. The highest BCUT2D eigenvalue weighted by Gasteiger charge is 2.15. The number of carbonyl (C=O) groups excluding carboxylic acids is 5. The SMILES string of the molecule is O=CC(=O)c1cc(C(=O)C=O)cc(C(=O)NCCCCCCCC(=O)O)c1. The molecule has 2 N–H and O–H groups in total. The molecule has 8 heteroatoms. The summed E-state index contributed by atoms with van der Waals surface area (Å²) < 4.78 is 0. The lowest BCUT2D eigenvalue weighted by Gasteiger charge is -2.08. The van der Waals surface area contributed by atoms with Crippen LogP contribution in [0.4, 0.5) is 0 Å². The molecule has 144 valence electrons. The van der Waals surface area contributed by atoms with Crippen LogP contribution in [0.25, 0.3) is 0 Å². The molecule has 0 atom stereocenters. The number of benzene rings is 1. The summed E-state index contributed by atoms with van der Waals surface area (Å²) in [5, 5.41) is 11.2. The number of aldehydes is 2. The van der Waals surface area contributed by atoms with E-state index in [1.165, 1.54) is 12.1 Å². The Hall–Kier alpha value is -3.16. The Labute approximate surface area is 155 Å². The van der Waals surface area contributed by atoms with Crippen LogP contribution in [0.1, 0.15) is 69.6 Å². The molecule has 1 rings (SSSR count). The maximum Gasteiger partial charge on any atom is 0.303 e. The molecule has 0 aliphatic carbocycles. The fourth-order valence-corrected chi connectivity index (χ4v) is 2.41. The summed E-state index contributed by atoms with van der Waals surface area (Å²) in [6.07, 6.45) is 4.05. The van der Waals surface area contributed by atoms with Crippen LogP contribution in [0.15, 0.2) is 18.2 Å². The van der Waals surface area contributed by atoms with Crippen molar-refractivity contribution in [2.24, 2.45) is 0 Å². The smallest absolute Gasteiger partial charge is 0.303 e. The molecule has 0 fully saturated rings. The zero-order valence-electron chi connectivity index (χ0n) is 14.7. The minimum atomic E-state index is -0.897. The largest absolute Gasteiger partial charge is 0.481 e. The molecule has 1 aromatic carbocycles. The van der Waals surface area contributed by atoms with Gasteiger partial charge in [0.1, 0.15) is 0 Å². The number of hydrogen-bond donors (Lipinski definition) is 2. The van der Waals surface area contributed by atoms with Gasteiger partial charge in [-0.15, -0.1) is 0 Å². The first kappa shape index (κ1) is 21.9. The van der Waals surface area contributed by atoms with Crippen LogP contribution in [0, 0.1) is 0 Å². The molecule has 0 aliphatic rings. The number of hydrogen-bond acceptors (Lipinski definition) is 6. The van der Waals surface area contributed by atoms with Gasteiger partial charge in [0.15, 0.2) is 12.6 Å². The van der Waals surface area contributed by atoms with E-state index in [2.05, 4.69) is 5.32 Å². The van der Waals surface area contributed by atoms with E-state index in [0.29, 0.717) is 19.4 Å². The van der Waals surface area contributed by atoms with Crippen molar-refractivity contribution in [3.8, 4) is 0 Å². The van der Waals surface area contributed by atoms with Gasteiger partial charge in [0.05, 0.1) is 0 Å². The molecule has 0 aliphatic heterocycles. The number of Topliss-reactive ketones (excluding diaryl/α,β-unsaturated/α-hetero) is 2. The van der Waals surface area contributed by atoms with Gasteiger partial charge >= 0.3 is 5.97 Å². The monoisotopic (exact) mass is 375 g/mol. The number of amides is 1. The van der Waals surface area contributed by atoms with Crippen LogP contribution in [0.3, 0.4) is 0 Å². The van der Waals surface area contributed by atoms with Gasteiger partial charge in [-0.1, -0.05) is 19.3 Å². The van der Waals surface area contributed by atoms with Crippen molar-refractivity contribution in [2.45, 2.75) is 38.5 Å². The van der Waals surface area contributed by atoms with Crippen molar-refractivity contribution in [1.29, 1.82) is 0 Å². The van der Waals surface area contributed by atoms with Crippen molar-refractivity contribution >= 4 is 36.0 Å². The number of ketones is 2. The van der Waals surface area contributed by atoms with Gasteiger partial charge in [0.2, 0.25) is 11.6 Å². The van der Waals surface area contributed by atoms with Crippen molar-refractivity contribution in [3.63, 3.8) is 0 Å². The standard InChI is InChI=1S/C19H21NO7/c21-11-16(23)13-8-14(17(24)12-22)10-15(9-13)19(27)20-7-5-3-1-2-4-6-18(25)26/h8-12H,1-7H2,(H,20,27)(H,25,26). The third kappa shape index (κ3) is 7.72. The van der Waals surface area contributed by atoms with Crippen LogP contribution >= 0.6 is 0 Å². The van der Waals surface area contributed by atoms with Crippen molar-refractivity contribution in [3.05, 3.63) is 34.9 Å². The Morgan fingerprint density at radius 3 is 1.78 bits per heavy atom. The summed E-state index contributed by atoms with van der Waals surface area (Å²) in [6, 6.07) is 3.49. The Morgan fingerprint density at radius 1 is 0.778 bits per heavy atom. The second kappa shape index (κ2) is 11.5. The number of carboxylic acid groups (broad SMARTS) is 1. The van der Waals surface area contributed by atoms with Crippen LogP contribution in [-0.4, -0.2) is 47.7 Å². The average Bonchev–Trinajstić information content (AvgIpc) is 2.67. The van der Waals surface area contributed by atoms with Gasteiger partial charge in [-0.05, 0) is 31.0 Å². The van der Waals surface area contributed by atoms with E-state index in [4.69, 9.17) is 5.11 Å². The maximum absolute atomic E-state index is 12.2. The van der Waals surface area contributed by atoms with Crippen LogP contribution < -0.4 is 5.32 Å². The van der Waals surface area contributed by atoms with Crippen LogP contribution in [0.2, 0.25) is 0 Å². The van der Waals surface area contributed by atoms with E-state index < -0.39 is 23.4 Å². The van der Waals surface area contributed by atoms with E-state index in [0.717, 1.165) is 25.3 Å². The van der Waals surface area contributed by atoms with Gasteiger partial charge in [-0.3, -0.25) is 28.8 Å². The Morgan fingerprint density at radius 2 is 1.26 bits per heavy atom. The zero-order valence-corrected chi connectivity index (χ0v) is 14.7. The van der Waals surface area contributed by atoms with Gasteiger partial charge in [0.25, 0.3) is 5.91 Å². The van der Waals surface area contributed by atoms with Gasteiger partial charge in [-0.2, -0.15) is 0 Å². The van der Waals surface area contributed by atoms with Gasteiger partial charge in [0, 0.05) is 29.7 Å².